The summed E-state index contributed by atoms with van der Waals surface area (Å²) < 4.78 is 5.27. The predicted octanol–water partition coefficient (Wildman–Crippen LogP) is 3.12. The average molecular weight is 361 g/mol. The van der Waals surface area contributed by atoms with Crippen molar-refractivity contribution in [1.29, 1.82) is 0 Å². The van der Waals surface area contributed by atoms with Crippen LogP contribution in [0.15, 0.2) is 29.3 Å². The van der Waals surface area contributed by atoms with E-state index < -0.39 is 0 Å². The molecule has 0 radical (unpaired) electrons. The van der Waals surface area contributed by atoms with Crippen molar-refractivity contribution < 1.29 is 4.74 Å². The highest BCUT2D eigenvalue weighted by Gasteiger charge is 2.20. The summed E-state index contributed by atoms with van der Waals surface area (Å²) in [4.78, 5) is 6.94. The number of piperidine rings is 1. The molecule has 0 aliphatic carbocycles. The van der Waals surface area contributed by atoms with Gasteiger partial charge in [0.1, 0.15) is 5.75 Å². The van der Waals surface area contributed by atoms with Gasteiger partial charge in [0.25, 0.3) is 0 Å². The summed E-state index contributed by atoms with van der Waals surface area (Å²) in [5.41, 5.74) is 1.18. The summed E-state index contributed by atoms with van der Waals surface area (Å²) in [6.45, 7) is 10.2. The summed E-state index contributed by atoms with van der Waals surface area (Å²) in [5.74, 6) is 3.43. The summed E-state index contributed by atoms with van der Waals surface area (Å²) in [7, 11) is 3.51. The Morgan fingerprint density at radius 3 is 2.65 bits per heavy atom. The molecule has 5 nitrogen and oxygen atoms in total. The van der Waals surface area contributed by atoms with Gasteiger partial charge in [0.05, 0.1) is 7.11 Å². The fraction of sp³-hybridized carbons (Fsp3) is 0.667. The van der Waals surface area contributed by atoms with Gasteiger partial charge in [-0.3, -0.25) is 4.99 Å². The third kappa shape index (κ3) is 7.24. The zero-order valence-electron chi connectivity index (χ0n) is 16.9. The molecule has 1 aromatic rings. The lowest BCUT2D eigenvalue weighted by molar-refractivity contribution is 0.139. The van der Waals surface area contributed by atoms with Gasteiger partial charge in [-0.15, -0.1) is 0 Å². The first-order valence-electron chi connectivity index (χ1n) is 9.90. The fourth-order valence-electron chi connectivity index (χ4n) is 3.83. The van der Waals surface area contributed by atoms with E-state index in [0.29, 0.717) is 0 Å². The zero-order valence-corrected chi connectivity index (χ0v) is 16.9. The van der Waals surface area contributed by atoms with Crippen LogP contribution in [-0.2, 0) is 6.54 Å². The SMILES string of the molecule is CN=C(NCCCCN1CC(C)CC(C)C1)NCc1cccc(OC)c1. The monoisotopic (exact) mass is 360 g/mol. The van der Waals surface area contributed by atoms with Gasteiger partial charge in [0.15, 0.2) is 5.96 Å². The molecule has 1 aromatic carbocycles. The molecular formula is C21H36N4O. The van der Waals surface area contributed by atoms with Crippen LogP contribution in [0.4, 0.5) is 0 Å². The Bertz CT molecular complexity index is 551. The quantitative estimate of drug-likeness (QED) is 0.425. The number of nitrogens with one attached hydrogen (secondary N) is 2. The molecule has 0 amide bonds. The van der Waals surface area contributed by atoms with E-state index >= 15 is 0 Å². The molecule has 1 fully saturated rings. The minimum atomic E-state index is 0.737. The molecule has 0 saturated carbocycles. The van der Waals surface area contributed by atoms with Crippen LogP contribution in [0.2, 0.25) is 0 Å². The van der Waals surface area contributed by atoms with Crippen LogP contribution in [0.25, 0.3) is 0 Å². The molecule has 2 rings (SSSR count). The highest BCUT2D eigenvalue weighted by molar-refractivity contribution is 5.79. The first kappa shape index (κ1) is 20.6. The zero-order chi connectivity index (χ0) is 18.8. The number of guanidine groups is 1. The van der Waals surface area contributed by atoms with Crippen LogP contribution in [0.3, 0.4) is 0 Å². The van der Waals surface area contributed by atoms with E-state index in [4.69, 9.17) is 4.74 Å². The van der Waals surface area contributed by atoms with Gasteiger partial charge in [-0.1, -0.05) is 26.0 Å². The van der Waals surface area contributed by atoms with Crippen LogP contribution in [0.5, 0.6) is 5.75 Å². The van der Waals surface area contributed by atoms with E-state index in [9.17, 15) is 0 Å². The fourth-order valence-corrected chi connectivity index (χ4v) is 3.83. The Labute approximate surface area is 159 Å². The number of unbranched alkanes of at least 4 members (excludes halogenated alkanes) is 1. The minimum Gasteiger partial charge on any atom is -0.497 e. The predicted molar refractivity (Wildman–Crippen MR) is 110 cm³/mol. The standard InChI is InChI=1S/C21H36N4O/c1-17-12-18(2)16-25(15-17)11-6-5-10-23-21(22-3)24-14-19-8-7-9-20(13-19)26-4/h7-9,13,17-18H,5-6,10-12,14-16H2,1-4H3,(H2,22,23,24). The molecule has 2 unspecified atom stereocenters. The number of likely N-dealkylation sites (tertiary alicyclic amines) is 1. The van der Waals surface area contributed by atoms with Gasteiger partial charge in [0, 0.05) is 33.2 Å². The molecule has 146 valence electrons. The summed E-state index contributed by atoms with van der Waals surface area (Å²) in [5, 5.41) is 6.77. The molecule has 1 aliphatic rings. The smallest absolute Gasteiger partial charge is 0.191 e. The second kappa shape index (κ2) is 11.1. The number of methoxy groups -OCH3 is 1. The van der Waals surface area contributed by atoms with E-state index in [1.54, 1.807) is 7.11 Å². The third-order valence-electron chi connectivity index (χ3n) is 4.96. The highest BCUT2D eigenvalue weighted by Crippen LogP contribution is 2.20. The molecule has 0 spiro atoms. The number of nitrogens with zero attached hydrogens (tertiary/aromatic N) is 2. The molecule has 2 N–H and O–H groups in total. The van der Waals surface area contributed by atoms with Gasteiger partial charge in [-0.25, -0.2) is 0 Å². The first-order chi connectivity index (χ1) is 12.6. The normalized spacial score (nSPS) is 21.5. The van der Waals surface area contributed by atoms with Crippen molar-refractivity contribution >= 4 is 5.96 Å². The molecule has 1 aliphatic heterocycles. The van der Waals surface area contributed by atoms with Crippen molar-refractivity contribution in [2.45, 2.75) is 39.7 Å². The Kier molecular flexibility index (Phi) is 8.75. The molecule has 1 saturated heterocycles. The van der Waals surface area contributed by atoms with Crippen molar-refractivity contribution in [3.63, 3.8) is 0 Å². The van der Waals surface area contributed by atoms with Crippen molar-refractivity contribution in [2.75, 3.05) is 40.3 Å². The maximum absolute atomic E-state index is 5.27. The Morgan fingerprint density at radius 1 is 1.19 bits per heavy atom. The second-order valence-electron chi connectivity index (χ2n) is 7.62. The Balaban J connectivity index is 1.61. The molecule has 0 aromatic heterocycles. The largest absolute Gasteiger partial charge is 0.497 e. The Morgan fingerprint density at radius 2 is 1.96 bits per heavy atom. The molecule has 1 heterocycles. The number of ether oxygens (including phenoxy) is 1. The third-order valence-corrected chi connectivity index (χ3v) is 4.96. The van der Waals surface area contributed by atoms with E-state index in [0.717, 1.165) is 36.6 Å². The topological polar surface area (TPSA) is 48.9 Å². The molecule has 26 heavy (non-hydrogen) atoms. The Hall–Kier alpha value is -1.75. The number of rotatable bonds is 8. The van der Waals surface area contributed by atoms with Crippen LogP contribution >= 0.6 is 0 Å². The summed E-state index contributed by atoms with van der Waals surface area (Å²) in [6.07, 6.45) is 3.78. The lowest BCUT2D eigenvalue weighted by Gasteiger charge is -2.34. The van der Waals surface area contributed by atoms with Crippen molar-refractivity contribution in [3.8, 4) is 5.75 Å². The van der Waals surface area contributed by atoms with E-state index in [1.807, 2.05) is 25.2 Å². The van der Waals surface area contributed by atoms with Crippen molar-refractivity contribution in [2.24, 2.45) is 16.8 Å². The minimum absolute atomic E-state index is 0.737. The number of aliphatic imine (C=N–C) groups is 1. The van der Waals surface area contributed by atoms with E-state index in [-0.39, 0.29) is 0 Å². The lowest BCUT2D eigenvalue weighted by atomic mass is 9.92. The number of benzene rings is 1. The maximum atomic E-state index is 5.27. The van der Waals surface area contributed by atoms with Gasteiger partial charge < -0.3 is 20.3 Å². The maximum Gasteiger partial charge on any atom is 0.191 e. The van der Waals surface area contributed by atoms with Crippen LogP contribution < -0.4 is 15.4 Å². The second-order valence-corrected chi connectivity index (χ2v) is 7.62. The molecular weight excluding hydrogens is 324 g/mol. The molecule has 0 bridgehead atoms. The van der Waals surface area contributed by atoms with Crippen LogP contribution in [0, 0.1) is 11.8 Å². The number of hydrogen-bond acceptors (Lipinski definition) is 3. The highest BCUT2D eigenvalue weighted by atomic mass is 16.5. The van der Waals surface area contributed by atoms with Crippen molar-refractivity contribution in [1.82, 2.24) is 15.5 Å². The number of hydrogen-bond donors (Lipinski definition) is 2. The van der Waals surface area contributed by atoms with Gasteiger partial charge in [-0.2, -0.15) is 0 Å². The molecule has 2 atom stereocenters. The first-order valence-corrected chi connectivity index (χ1v) is 9.90. The van der Waals surface area contributed by atoms with Gasteiger partial charge >= 0.3 is 0 Å². The lowest BCUT2D eigenvalue weighted by Crippen LogP contribution is -2.40. The van der Waals surface area contributed by atoms with Crippen LogP contribution in [0.1, 0.15) is 38.7 Å². The average Bonchev–Trinajstić information content (AvgIpc) is 2.63. The van der Waals surface area contributed by atoms with E-state index in [2.05, 4.69) is 40.4 Å². The van der Waals surface area contributed by atoms with Gasteiger partial charge in [0.2, 0.25) is 0 Å². The summed E-state index contributed by atoms with van der Waals surface area (Å²) in [6, 6.07) is 8.10. The molecule has 5 heteroatoms. The van der Waals surface area contributed by atoms with E-state index in [1.165, 1.54) is 44.5 Å². The summed E-state index contributed by atoms with van der Waals surface area (Å²) >= 11 is 0. The van der Waals surface area contributed by atoms with Gasteiger partial charge in [-0.05, 0) is 55.3 Å². The van der Waals surface area contributed by atoms with Crippen molar-refractivity contribution in [3.05, 3.63) is 29.8 Å². The van der Waals surface area contributed by atoms with Crippen LogP contribution in [-0.4, -0.2) is 51.2 Å².